The summed E-state index contributed by atoms with van der Waals surface area (Å²) in [6.45, 7) is 1.92. The van der Waals surface area contributed by atoms with Crippen molar-refractivity contribution in [3.05, 3.63) is 50.7 Å². The Kier molecular flexibility index (Phi) is 3.29. The number of nitriles is 1. The predicted octanol–water partition coefficient (Wildman–Crippen LogP) is 3.67. The van der Waals surface area contributed by atoms with Gasteiger partial charge in [-0.05, 0) is 55.5 Å². The van der Waals surface area contributed by atoms with Crippen LogP contribution in [0.2, 0.25) is 0 Å². The lowest BCUT2D eigenvalue weighted by molar-refractivity contribution is 0.103. The van der Waals surface area contributed by atoms with Crippen LogP contribution in [-0.2, 0) is 12.8 Å². The lowest BCUT2D eigenvalue weighted by Crippen LogP contribution is -2.11. The fourth-order valence-electron chi connectivity index (χ4n) is 2.45. The number of anilines is 1. The Morgan fingerprint density at radius 2 is 2.20 bits per heavy atom. The van der Waals surface area contributed by atoms with Crippen LogP contribution in [0.3, 0.4) is 0 Å². The van der Waals surface area contributed by atoms with E-state index in [1.54, 1.807) is 23.5 Å². The van der Waals surface area contributed by atoms with E-state index in [1.165, 1.54) is 16.9 Å². The number of hydrogen-bond donors (Lipinski definition) is 1. The smallest absolute Gasteiger partial charge is 0.265 e. The van der Waals surface area contributed by atoms with Gasteiger partial charge in [-0.25, -0.2) is 0 Å². The van der Waals surface area contributed by atoms with Crippen LogP contribution in [0.15, 0.2) is 24.3 Å². The highest BCUT2D eigenvalue weighted by Crippen LogP contribution is 2.31. The zero-order chi connectivity index (χ0) is 14.1. The molecule has 3 rings (SSSR count). The summed E-state index contributed by atoms with van der Waals surface area (Å²) < 4.78 is 0. The molecule has 0 aliphatic heterocycles. The highest BCUT2D eigenvalue weighted by Gasteiger charge is 2.18. The summed E-state index contributed by atoms with van der Waals surface area (Å²) in [6, 6.07) is 9.42. The molecule has 0 saturated carbocycles. The number of fused-ring (bicyclic) bond motifs is 1. The molecule has 0 fully saturated rings. The van der Waals surface area contributed by atoms with E-state index in [4.69, 9.17) is 5.26 Å². The first-order chi connectivity index (χ1) is 9.67. The van der Waals surface area contributed by atoms with Crippen molar-refractivity contribution in [2.45, 2.75) is 26.2 Å². The Hall–Kier alpha value is -2.12. The van der Waals surface area contributed by atoms with Gasteiger partial charge in [0.05, 0.1) is 16.5 Å². The molecule has 0 bridgehead atoms. The molecule has 1 aliphatic carbocycles. The van der Waals surface area contributed by atoms with Gasteiger partial charge in [-0.2, -0.15) is 5.26 Å². The Labute approximate surface area is 121 Å². The SMILES string of the molecule is Cc1ccc(C#N)cc1NC(=O)c1cc2c(s1)CCC2. The minimum Gasteiger partial charge on any atom is -0.321 e. The number of aryl methyl sites for hydroxylation is 3. The van der Waals surface area contributed by atoms with Crippen LogP contribution in [0.4, 0.5) is 5.69 Å². The molecule has 3 nitrogen and oxygen atoms in total. The van der Waals surface area contributed by atoms with E-state index in [0.29, 0.717) is 11.3 Å². The zero-order valence-corrected chi connectivity index (χ0v) is 12.0. The van der Waals surface area contributed by atoms with E-state index < -0.39 is 0 Å². The maximum atomic E-state index is 12.3. The molecule has 1 N–H and O–H groups in total. The molecule has 1 aromatic carbocycles. The van der Waals surface area contributed by atoms with Crippen molar-refractivity contribution >= 4 is 22.9 Å². The summed E-state index contributed by atoms with van der Waals surface area (Å²) >= 11 is 1.59. The fraction of sp³-hybridized carbons (Fsp3) is 0.250. The first-order valence-corrected chi connectivity index (χ1v) is 7.42. The average Bonchev–Trinajstić information content (AvgIpc) is 3.02. The van der Waals surface area contributed by atoms with Crippen LogP contribution in [0, 0.1) is 18.3 Å². The van der Waals surface area contributed by atoms with E-state index in [1.807, 2.05) is 19.1 Å². The van der Waals surface area contributed by atoms with Crippen LogP contribution in [0.1, 0.15) is 37.7 Å². The van der Waals surface area contributed by atoms with Gasteiger partial charge < -0.3 is 5.32 Å². The van der Waals surface area contributed by atoms with Crippen LogP contribution in [0.25, 0.3) is 0 Å². The average molecular weight is 282 g/mol. The quantitative estimate of drug-likeness (QED) is 0.913. The molecule has 0 spiro atoms. The van der Waals surface area contributed by atoms with E-state index in [2.05, 4.69) is 11.4 Å². The van der Waals surface area contributed by atoms with Crippen molar-refractivity contribution in [1.82, 2.24) is 0 Å². The maximum Gasteiger partial charge on any atom is 0.265 e. The van der Waals surface area contributed by atoms with Gasteiger partial charge in [-0.1, -0.05) is 6.07 Å². The number of hydrogen-bond acceptors (Lipinski definition) is 3. The topological polar surface area (TPSA) is 52.9 Å². The number of rotatable bonds is 2. The Bertz CT molecular complexity index is 703. The summed E-state index contributed by atoms with van der Waals surface area (Å²) in [5.41, 5.74) is 3.55. The monoisotopic (exact) mass is 282 g/mol. The van der Waals surface area contributed by atoms with Crippen molar-refractivity contribution in [3.8, 4) is 6.07 Å². The standard InChI is InChI=1S/C16H14N2OS/c1-10-5-6-11(9-17)7-13(10)18-16(19)15-8-12-3-2-4-14(12)20-15/h5-8H,2-4H2,1H3,(H,18,19). The molecule has 1 amide bonds. The van der Waals surface area contributed by atoms with Gasteiger partial charge in [0, 0.05) is 10.6 Å². The van der Waals surface area contributed by atoms with Gasteiger partial charge in [0.2, 0.25) is 0 Å². The van der Waals surface area contributed by atoms with Gasteiger partial charge in [-0.3, -0.25) is 4.79 Å². The molecule has 4 heteroatoms. The van der Waals surface area contributed by atoms with E-state index >= 15 is 0 Å². The van der Waals surface area contributed by atoms with Crippen LogP contribution in [0.5, 0.6) is 0 Å². The molecular formula is C16H14N2OS. The molecule has 20 heavy (non-hydrogen) atoms. The normalized spacial score (nSPS) is 12.8. The summed E-state index contributed by atoms with van der Waals surface area (Å²) in [5, 5.41) is 11.8. The van der Waals surface area contributed by atoms with Crippen LogP contribution in [-0.4, -0.2) is 5.91 Å². The Balaban J connectivity index is 1.83. The molecule has 100 valence electrons. The van der Waals surface area contributed by atoms with Gasteiger partial charge in [0.1, 0.15) is 0 Å². The number of nitrogens with one attached hydrogen (secondary N) is 1. The van der Waals surface area contributed by atoms with Crippen LogP contribution >= 0.6 is 11.3 Å². The third kappa shape index (κ3) is 2.33. The number of nitrogens with zero attached hydrogens (tertiary/aromatic N) is 1. The molecule has 1 aliphatic rings. The van der Waals surface area contributed by atoms with E-state index in [-0.39, 0.29) is 5.91 Å². The molecule has 0 atom stereocenters. The fourth-order valence-corrected chi connectivity index (χ4v) is 3.60. The first kappa shape index (κ1) is 12.9. The van der Waals surface area contributed by atoms with Gasteiger partial charge in [0.25, 0.3) is 5.91 Å². The molecule has 1 heterocycles. The number of carbonyl (C=O) groups is 1. The van der Waals surface area contributed by atoms with E-state index in [9.17, 15) is 4.79 Å². The highest BCUT2D eigenvalue weighted by molar-refractivity contribution is 7.14. The summed E-state index contributed by atoms with van der Waals surface area (Å²) in [6.07, 6.45) is 3.38. The highest BCUT2D eigenvalue weighted by atomic mass is 32.1. The van der Waals surface area contributed by atoms with Crippen molar-refractivity contribution in [2.75, 3.05) is 5.32 Å². The van der Waals surface area contributed by atoms with Gasteiger partial charge >= 0.3 is 0 Å². The number of benzene rings is 1. The largest absolute Gasteiger partial charge is 0.321 e. The number of amides is 1. The van der Waals surface area contributed by atoms with Crippen molar-refractivity contribution in [1.29, 1.82) is 5.26 Å². The lowest BCUT2D eigenvalue weighted by atomic mass is 10.1. The molecule has 1 aromatic heterocycles. The van der Waals surface area contributed by atoms with Crippen molar-refractivity contribution in [3.63, 3.8) is 0 Å². The predicted molar refractivity (Wildman–Crippen MR) is 80.2 cm³/mol. The second-order valence-electron chi connectivity index (χ2n) is 5.01. The van der Waals surface area contributed by atoms with Crippen molar-refractivity contribution < 1.29 is 4.79 Å². The second kappa shape index (κ2) is 5.10. The lowest BCUT2D eigenvalue weighted by Gasteiger charge is -2.07. The van der Waals surface area contributed by atoms with Gasteiger partial charge in [-0.15, -0.1) is 11.3 Å². The number of carbonyl (C=O) groups excluding carboxylic acids is 1. The Morgan fingerprint density at radius 1 is 1.35 bits per heavy atom. The Morgan fingerprint density at radius 3 is 2.95 bits per heavy atom. The number of thiophene rings is 1. The summed E-state index contributed by atoms with van der Waals surface area (Å²) in [5.74, 6) is -0.0809. The molecular weight excluding hydrogens is 268 g/mol. The van der Waals surface area contributed by atoms with E-state index in [0.717, 1.165) is 23.3 Å². The zero-order valence-electron chi connectivity index (χ0n) is 11.2. The summed E-state index contributed by atoms with van der Waals surface area (Å²) in [7, 11) is 0. The minimum absolute atomic E-state index is 0.0809. The second-order valence-corrected chi connectivity index (χ2v) is 6.14. The third-order valence-electron chi connectivity index (χ3n) is 3.59. The molecule has 0 unspecified atom stereocenters. The minimum atomic E-state index is -0.0809. The van der Waals surface area contributed by atoms with Crippen LogP contribution < -0.4 is 5.32 Å². The van der Waals surface area contributed by atoms with Crippen molar-refractivity contribution in [2.24, 2.45) is 0 Å². The summed E-state index contributed by atoms with van der Waals surface area (Å²) in [4.78, 5) is 14.4. The molecule has 0 saturated heterocycles. The van der Waals surface area contributed by atoms with Gasteiger partial charge in [0.15, 0.2) is 0 Å². The first-order valence-electron chi connectivity index (χ1n) is 6.61. The molecule has 2 aromatic rings. The molecule has 0 radical (unpaired) electrons. The maximum absolute atomic E-state index is 12.3. The third-order valence-corrected chi connectivity index (χ3v) is 4.82.